The van der Waals surface area contributed by atoms with Gasteiger partial charge in [0, 0.05) is 31.0 Å². The monoisotopic (exact) mass is 289 g/mol. The Morgan fingerprint density at radius 2 is 1.75 bits per heavy atom. The van der Waals surface area contributed by atoms with Gasteiger partial charge in [-0.2, -0.15) is 13.2 Å². The van der Waals surface area contributed by atoms with Crippen molar-refractivity contribution in [3.8, 4) is 0 Å². The van der Waals surface area contributed by atoms with E-state index in [1.807, 2.05) is 30.8 Å². The third-order valence-corrected chi connectivity index (χ3v) is 3.02. The van der Waals surface area contributed by atoms with E-state index in [1.54, 1.807) is 6.07 Å². The van der Waals surface area contributed by atoms with E-state index in [-0.39, 0.29) is 5.69 Å². The van der Waals surface area contributed by atoms with Crippen molar-refractivity contribution in [2.24, 2.45) is 0 Å². The first-order valence-corrected chi connectivity index (χ1v) is 6.62. The lowest BCUT2D eigenvalue weighted by Crippen LogP contribution is -2.32. The highest BCUT2D eigenvalue weighted by molar-refractivity contribution is 5.59. The zero-order valence-corrected chi connectivity index (χ0v) is 12.2. The Morgan fingerprint density at radius 3 is 2.25 bits per heavy atom. The van der Waals surface area contributed by atoms with E-state index in [4.69, 9.17) is 5.73 Å². The van der Waals surface area contributed by atoms with Crippen molar-refractivity contribution in [3.63, 3.8) is 0 Å². The molecule has 1 rings (SSSR count). The molecule has 0 radical (unpaired) electrons. The number of anilines is 2. The molecule has 0 aliphatic heterocycles. The summed E-state index contributed by atoms with van der Waals surface area (Å²) in [5.74, 6) is 0. The molecule has 6 heteroatoms. The Balaban J connectivity index is 3.02. The Labute approximate surface area is 118 Å². The van der Waals surface area contributed by atoms with Gasteiger partial charge >= 0.3 is 6.18 Å². The van der Waals surface area contributed by atoms with Crippen molar-refractivity contribution in [2.75, 3.05) is 44.4 Å². The summed E-state index contributed by atoms with van der Waals surface area (Å²) < 4.78 is 38.7. The SMILES string of the molecule is CCCN(CCN(C)C)c1ccc(N)c(C(F)(F)F)c1. The van der Waals surface area contributed by atoms with Gasteiger partial charge in [-0.25, -0.2) is 0 Å². The van der Waals surface area contributed by atoms with Crippen LogP contribution >= 0.6 is 0 Å². The molecule has 114 valence electrons. The Hall–Kier alpha value is -1.43. The molecule has 0 unspecified atom stereocenters. The van der Waals surface area contributed by atoms with Crippen molar-refractivity contribution < 1.29 is 13.2 Å². The van der Waals surface area contributed by atoms with Crippen LogP contribution in [0.3, 0.4) is 0 Å². The van der Waals surface area contributed by atoms with Gasteiger partial charge in [-0.05, 0) is 38.7 Å². The first kappa shape index (κ1) is 16.6. The molecule has 0 aliphatic rings. The zero-order chi connectivity index (χ0) is 15.3. The molecule has 0 heterocycles. The third-order valence-electron chi connectivity index (χ3n) is 3.02. The maximum absolute atomic E-state index is 12.9. The average Bonchev–Trinajstić information content (AvgIpc) is 2.33. The molecule has 0 aliphatic carbocycles. The van der Waals surface area contributed by atoms with Crippen molar-refractivity contribution in [3.05, 3.63) is 23.8 Å². The highest BCUT2D eigenvalue weighted by Gasteiger charge is 2.33. The lowest BCUT2D eigenvalue weighted by molar-refractivity contribution is -0.136. The van der Waals surface area contributed by atoms with Crippen LogP contribution in [-0.2, 0) is 6.18 Å². The second-order valence-electron chi connectivity index (χ2n) is 5.06. The molecular weight excluding hydrogens is 267 g/mol. The van der Waals surface area contributed by atoms with Gasteiger partial charge in [0.15, 0.2) is 0 Å². The summed E-state index contributed by atoms with van der Waals surface area (Å²) in [5.41, 5.74) is 5.00. The molecule has 0 saturated heterocycles. The zero-order valence-electron chi connectivity index (χ0n) is 12.2. The van der Waals surface area contributed by atoms with Gasteiger partial charge in [0.1, 0.15) is 0 Å². The minimum Gasteiger partial charge on any atom is -0.398 e. The van der Waals surface area contributed by atoms with Gasteiger partial charge in [-0.15, -0.1) is 0 Å². The van der Waals surface area contributed by atoms with Gasteiger partial charge in [-0.3, -0.25) is 0 Å². The van der Waals surface area contributed by atoms with Crippen LogP contribution in [0.2, 0.25) is 0 Å². The standard InChI is InChI=1S/C14H22F3N3/c1-4-7-20(9-8-19(2)3)11-5-6-13(18)12(10-11)14(15,16)17/h5-6,10H,4,7-9,18H2,1-3H3. The van der Waals surface area contributed by atoms with E-state index in [9.17, 15) is 13.2 Å². The number of halogens is 3. The molecule has 0 spiro atoms. The van der Waals surface area contributed by atoms with Crippen molar-refractivity contribution in [1.29, 1.82) is 0 Å². The number of hydrogen-bond donors (Lipinski definition) is 1. The smallest absolute Gasteiger partial charge is 0.398 e. The van der Waals surface area contributed by atoms with Gasteiger partial charge in [0.05, 0.1) is 5.56 Å². The summed E-state index contributed by atoms with van der Waals surface area (Å²) >= 11 is 0. The van der Waals surface area contributed by atoms with E-state index in [0.29, 0.717) is 12.2 Å². The number of likely N-dealkylation sites (N-methyl/N-ethyl adjacent to an activating group) is 1. The summed E-state index contributed by atoms with van der Waals surface area (Å²) in [6.07, 6.45) is -3.54. The molecule has 0 atom stereocenters. The first-order chi connectivity index (χ1) is 9.25. The quantitative estimate of drug-likeness (QED) is 0.817. The minimum absolute atomic E-state index is 0.231. The lowest BCUT2D eigenvalue weighted by atomic mass is 10.1. The fourth-order valence-corrected chi connectivity index (χ4v) is 1.95. The molecule has 20 heavy (non-hydrogen) atoms. The number of nitrogen functional groups attached to an aromatic ring is 1. The lowest BCUT2D eigenvalue weighted by Gasteiger charge is -2.27. The van der Waals surface area contributed by atoms with Crippen LogP contribution in [0.15, 0.2) is 18.2 Å². The predicted octanol–water partition coefficient (Wildman–Crippen LogP) is 3.07. The molecule has 0 fully saturated rings. The summed E-state index contributed by atoms with van der Waals surface area (Å²) in [6.45, 7) is 4.19. The molecule has 0 saturated carbocycles. The Kier molecular flexibility index (Phi) is 5.68. The van der Waals surface area contributed by atoms with Crippen molar-refractivity contribution in [1.82, 2.24) is 4.90 Å². The fourth-order valence-electron chi connectivity index (χ4n) is 1.95. The van der Waals surface area contributed by atoms with E-state index < -0.39 is 11.7 Å². The van der Waals surface area contributed by atoms with Gasteiger partial charge in [0.2, 0.25) is 0 Å². The van der Waals surface area contributed by atoms with Crippen LogP contribution in [0.4, 0.5) is 24.5 Å². The molecule has 3 nitrogen and oxygen atoms in total. The summed E-state index contributed by atoms with van der Waals surface area (Å²) in [4.78, 5) is 3.96. The second kappa shape index (κ2) is 6.83. The number of hydrogen-bond acceptors (Lipinski definition) is 3. The highest BCUT2D eigenvalue weighted by Crippen LogP contribution is 2.35. The predicted molar refractivity (Wildman–Crippen MR) is 76.9 cm³/mol. The number of nitrogens with zero attached hydrogens (tertiary/aromatic N) is 2. The minimum atomic E-state index is -4.42. The van der Waals surface area contributed by atoms with Crippen molar-refractivity contribution >= 4 is 11.4 Å². The fraction of sp³-hybridized carbons (Fsp3) is 0.571. The second-order valence-corrected chi connectivity index (χ2v) is 5.06. The highest BCUT2D eigenvalue weighted by atomic mass is 19.4. The molecule has 0 aromatic heterocycles. The number of benzene rings is 1. The summed E-state index contributed by atoms with van der Waals surface area (Å²) in [5, 5.41) is 0. The van der Waals surface area contributed by atoms with Crippen LogP contribution in [0.5, 0.6) is 0 Å². The molecule has 1 aromatic rings. The van der Waals surface area contributed by atoms with Crippen LogP contribution in [0.1, 0.15) is 18.9 Å². The summed E-state index contributed by atoms with van der Waals surface area (Å²) in [7, 11) is 3.88. The topological polar surface area (TPSA) is 32.5 Å². The van der Waals surface area contributed by atoms with Crippen LogP contribution in [0, 0.1) is 0 Å². The van der Waals surface area contributed by atoms with Gasteiger partial charge < -0.3 is 15.5 Å². The van der Waals surface area contributed by atoms with Crippen LogP contribution in [-0.4, -0.2) is 38.6 Å². The molecule has 1 aromatic carbocycles. The molecule has 0 amide bonds. The normalized spacial score (nSPS) is 11.9. The maximum atomic E-state index is 12.9. The van der Waals surface area contributed by atoms with E-state index >= 15 is 0 Å². The molecular formula is C14H22F3N3. The van der Waals surface area contributed by atoms with E-state index in [0.717, 1.165) is 25.6 Å². The van der Waals surface area contributed by atoms with Crippen LogP contribution < -0.4 is 10.6 Å². The molecule has 0 bridgehead atoms. The average molecular weight is 289 g/mol. The van der Waals surface area contributed by atoms with E-state index in [1.165, 1.54) is 6.07 Å². The Bertz CT molecular complexity index is 430. The van der Waals surface area contributed by atoms with Gasteiger partial charge in [0.25, 0.3) is 0 Å². The maximum Gasteiger partial charge on any atom is 0.418 e. The van der Waals surface area contributed by atoms with Crippen LogP contribution in [0.25, 0.3) is 0 Å². The largest absolute Gasteiger partial charge is 0.418 e. The Morgan fingerprint density at radius 1 is 1.10 bits per heavy atom. The number of nitrogens with two attached hydrogens (primary N) is 1. The van der Waals surface area contributed by atoms with Crippen molar-refractivity contribution in [2.45, 2.75) is 19.5 Å². The first-order valence-electron chi connectivity index (χ1n) is 6.62. The third kappa shape index (κ3) is 4.59. The molecule has 2 N–H and O–H groups in total. The van der Waals surface area contributed by atoms with E-state index in [2.05, 4.69) is 0 Å². The van der Waals surface area contributed by atoms with Gasteiger partial charge in [-0.1, -0.05) is 6.92 Å². The number of alkyl halides is 3. The summed E-state index contributed by atoms with van der Waals surface area (Å²) in [6, 6.07) is 4.12. The number of rotatable bonds is 6.